The molecule has 1 aliphatic rings. The SMILES string of the molecule is O=C(NC(c1ccc(F)cc1)c1ccccc1Cl)C1CCNC1. The van der Waals surface area contributed by atoms with Crippen LogP contribution in [0.3, 0.4) is 0 Å². The minimum atomic E-state index is -0.391. The summed E-state index contributed by atoms with van der Waals surface area (Å²) in [6.07, 6.45) is 0.824. The van der Waals surface area contributed by atoms with Crippen molar-refractivity contribution in [2.24, 2.45) is 5.92 Å². The van der Waals surface area contributed by atoms with Crippen LogP contribution in [0.5, 0.6) is 0 Å². The van der Waals surface area contributed by atoms with Crippen molar-refractivity contribution < 1.29 is 9.18 Å². The van der Waals surface area contributed by atoms with Crippen LogP contribution < -0.4 is 10.6 Å². The first kappa shape index (κ1) is 16.0. The molecule has 2 atom stereocenters. The first-order valence-electron chi connectivity index (χ1n) is 7.66. The van der Waals surface area contributed by atoms with E-state index in [0.717, 1.165) is 24.1 Å². The molecule has 120 valence electrons. The zero-order valence-electron chi connectivity index (χ0n) is 12.6. The van der Waals surface area contributed by atoms with E-state index in [1.54, 1.807) is 18.2 Å². The maximum atomic E-state index is 13.2. The number of halogens is 2. The normalized spacial score (nSPS) is 18.6. The molecule has 0 aliphatic carbocycles. The first-order valence-corrected chi connectivity index (χ1v) is 8.04. The lowest BCUT2D eigenvalue weighted by Gasteiger charge is -2.22. The topological polar surface area (TPSA) is 41.1 Å². The van der Waals surface area contributed by atoms with Gasteiger partial charge < -0.3 is 10.6 Å². The van der Waals surface area contributed by atoms with Crippen LogP contribution in [0, 0.1) is 11.7 Å². The van der Waals surface area contributed by atoms with Crippen LogP contribution in [0.1, 0.15) is 23.6 Å². The second kappa shape index (κ2) is 7.11. The van der Waals surface area contributed by atoms with Gasteiger partial charge in [-0.2, -0.15) is 0 Å². The Morgan fingerprint density at radius 1 is 1.22 bits per heavy atom. The Balaban J connectivity index is 1.91. The lowest BCUT2D eigenvalue weighted by Crippen LogP contribution is -2.35. The summed E-state index contributed by atoms with van der Waals surface area (Å²) in [5, 5.41) is 6.83. The fourth-order valence-corrected chi connectivity index (χ4v) is 3.09. The highest BCUT2D eigenvalue weighted by molar-refractivity contribution is 6.31. The van der Waals surface area contributed by atoms with Gasteiger partial charge in [-0.25, -0.2) is 4.39 Å². The highest BCUT2D eigenvalue weighted by Gasteiger charge is 2.26. The van der Waals surface area contributed by atoms with Crippen LogP contribution >= 0.6 is 11.6 Å². The van der Waals surface area contributed by atoms with E-state index < -0.39 is 6.04 Å². The largest absolute Gasteiger partial charge is 0.345 e. The van der Waals surface area contributed by atoms with E-state index >= 15 is 0 Å². The molecule has 1 amide bonds. The smallest absolute Gasteiger partial charge is 0.225 e. The van der Waals surface area contributed by atoms with Crippen molar-refractivity contribution >= 4 is 17.5 Å². The van der Waals surface area contributed by atoms with Crippen molar-refractivity contribution in [2.45, 2.75) is 12.5 Å². The van der Waals surface area contributed by atoms with Gasteiger partial charge in [0.05, 0.1) is 12.0 Å². The fourth-order valence-electron chi connectivity index (χ4n) is 2.84. The van der Waals surface area contributed by atoms with Crippen LogP contribution in [0.2, 0.25) is 5.02 Å². The monoisotopic (exact) mass is 332 g/mol. The van der Waals surface area contributed by atoms with Crippen LogP contribution in [0.25, 0.3) is 0 Å². The molecule has 1 fully saturated rings. The number of hydrogen-bond acceptors (Lipinski definition) is 2. The minimum absolute atomic E-state index is 0.00996. The van der Waals surface area contributed by atoms with Gasteiger partial charge in [-0.1, -0.05) is 41.9 Å². The molecule has 3 nitrogen and oxygen atoms in total. The van der Waals surface area contributed by atoms with E-state index in [0.29, 0.717) is 11.6 Å². The molecule has 2 aromatic rings. The van der Waals surface area contributed by atoms with Gasteiger partial charge in [0, 0.05) is 11.6 Å². The van der Waals surface area contributed by atoms with Gasteiger partial charge in [-0.3, -0.25) is 4.79 Å². The lowest BCUT2D eigenvalue weighted by molar-refractivity contribution is -0.124. The van der Waals surface area contributed by atoms with E-state index in [2.05, 4.69) is 10.6 Å². The zero-order valence-corrected chi connectivity index (χ0v) is 13.3. The summed E-state index contributed by atoms with van der Waals surface area (Å²) in [5.41, 5.74) is 1.61. The van der Waals surface area contributed by atoms with E-state index in [-0.39, 0.29) is 17.6 Å². The average Bonchev–Trinajstić information content (AvgIpc) is 3.09. The molecule has 0 spiro atoms. The number of hydrogen-bond donors (Lipinski definition) is 2. The summed E-state index contributed by atoms with van der Waals surface area (Å²) in [7, 11) is 0. The van der Waals surface area contributed by atoms with Gasteiger partial charge in [0.15, 0.2) is 0 Å². The highest BCUT2D eigenvalue weighted by atomic mass is 35.5. The number of carbonyl (C=O) groups excluding carboxylic acids is 1. The molecule has 1 aliphatic heterocycles. The molecule has 0 saturated carbocycles. The fraction of sp³-hybridized carbons (Fsp3) is 0.278. The van der Waals surface area contributed by atoms with Gasteiger partial charge in [0.2, 0.25) is 5.91 Å². The Hall–Kier alpha value is -1.91. The van der Waals surface area contributed by atoms with E-state index in [9.17, 15) is 9.18 Å². The zero-order chi connectivity index (χ0) is 16.2. The Bertz CT molecular complexity index is 684. The predicted octanol–water partition coefficient (Wildman–Crippen LogP) is 3.29. The molecule has 1 saturated heterocycles. The number of rotatable bonds is 4. The summed E-state index contributed by atoms with van der Waals surface area (Å²) in [6, 6.07) is 13.1. The molecule has 2 N–H and O–H groups in total. The van der Waals surface area contributed by atoms with Gasteiger partial charge in [0.25, 0.3) is 0 Å². The number of nitrogens with one attached hydrogen (secondary N) is 2. The van der Waals surface area contributed by atoms with Gasteiger partial charge in [-0.05, 0) is 42.3 Å². The number of amides is 1. The average molecular weight is 333 g/mol. The Kier molecular flexibility index (Phi) is 4.94. The Morgan fingerprint density at radius 2 is 1.96 bits per heavy atom. The van der Waals surface area contributed by atoms with Gasteiger partial charge in [-0.15, -0.1) is 0 Å². The van der Waals surface area contributed by atoms with Crippen LogP contribution in [-0.2, 0) is 4.79 Å². The minimum Gasteiger partial charge on any atom is -0.345 e. The predicted molar refractivity (Wildman–Crippen MR) is 88.8 cm³/mol. The third kappa shape index (κ3) is 3.71. The molecule has 3 rings (SSSR count). The third-order valence-corrected chi connectivity index (χ3v) is 4.48. The highest BCUT2D eigenvalue weighted by Crippen LogP contribution is 2.29. The summed E-state index contributed by atoms with van der Waals surface area (Å²) >= 11 is 6.31. The molecule has 0 aromatic heterocycles. The van der Waals surface area contributed by atoms with Crippen molar-refractivity contribution in [1.82, 2.24) is 10.6 Å². The molecule has 5 heteroatoms. The van der Waals surface area contributed by atoms with Gasteiger partial charge in [0.1, 0.15) is 5.82 Å². The van der Waals surface area contributed by atoms with Crippen molar-refractivity contribution in [3.63, 3.8) is 0 Å². The quantitative estimate of drug-likeness (QED) is 0.902. The summed E-state index contributed by atoms with van der Waals surface area (Å²) in [6.45, 7) is 1.54. The van der Waals surface area contributed by atoms with E-state index in [1.165, 1.54) is 12.1 Å². The Morgan fingerprint density at radius 3 is 2.61 bits per heavy atom. The molecule has 0 bridgehead atoms. The van der Waals surface area contributed by atoms with Crippen molar-refractivity contribution in [3.8, 4) is 0 Å². The van der Waals surface area contributed by atoms with Crippen LogP contribution in [-0.4, -0.2) is 19.0 Å². The molecule has 23 heavy (non-hydrogen) atoms. The first-order chi connectivity index (χ1) is 11.1. The third-order valence-electron chi connectivity index (χ3n) is 4.14. The summed E-state index contributed by atoms with van der Waals surface area (Å²) in [5.74, 6) is -0.359. The maximum absolute atomic E-state index is 13.2. The number of carbonyl (C=O) groups is 1. The summed E-state index contributed by atoms with van der Waals surface area (Å²) in [4.78, 5) is 12.5. The standard InChI is InChI=1S/C18H18ClFN2O/c19-16-4-2-1-3-15(16)17(12-5-7-14(20)8-6-12)22-18(23)13-9-10-21-11-13/h1-8,13,17,21H,9-11H2,(H,22,23). The molecule has 2 aromatic carbocycles. The van der Waals surface area contributed by atoms with Crippen molar-refractivity contribution in [3.05, 3.63) is 70.5 Å². The molecular formula is C18H18ClFN2O. The second-order valence-corrected chi connectivity index (χ2v) is 6.11. The van der Waals surface area contributed by atoms with E-state index in [1.807, 2.05) is 18.2 Å². The Labute approximate surface area is 139 Å². The molecular weight excluding hydrogens is 315 g/mol. The number of benzene rings is 2. The van der Waals surface area contributed by atoms with Crippen molar-refractivity contribution in [1.29, 1.82) is 0 Å². The molecule has 0 radical (unpaired) electrons. The lowest BCUT2D eigenvalue weighted by atomic mass is 9.97. The van der Waals surface area contributed by atoms with Crippen LogP contribution in [0.4, 0.5) is 4.39 Å². The van der Waals surface area contributed by atoms with Crippen LogP contribution in [0.15, 0.2) is 48.5 Å². The summed E-state index contributed by atoms with van der Waals surface area (Å²) < 4.78 is 13.2. The molecule has 2 unspecified atom stereocenters. The van der Waals surface area contributed by atoms with E-state index in [4.69, 9.17) is 11.6 Å². The van der Waals surface area contributed by atoms with Crippen molar-refractivity contribution in [2.75, 3.05) is 13.1 Å². The second-order valence-electron chi connectivity index (χ2n) is 5.70. The van der Waals surface area contributed by atoms with Gasteiger partial charge >= 0.3 is 0 Å². The maximum Gasteiger partial charge on any atom is 0.225 e. The molecule has 1 heterocycles.